The van der Waals surface area contributed by atoms with Gasteiger partial charge >= 0.3 is 0 Å². The lowest BCUT2D eigenvalue weighted by atomic mass is 10.1. The van der Waals surface area contributed by atoms with Gasteiger partial charge in [-0.15, -0.1) is 0 Å². The summed E-state index contributed by atoms with van der Waals surface area (Å²) >= 11 is 1.31. The van der Waals surface area contributed by atoms with Gasteiger partial charge in [-0.05, 0) is 50.4 Å². The number of hydrogen-bond donors (Lipinski definition) is 3. The number of halogens is 2. The Hall–Kier alpha value is -4.32. The predicted octanol–water partition coefficient (Wildman–Crippen LogP) is 4.80. The molecule has 0 fully saturated rings. The van der Waals surface area contributed by atoms with Crippen molar-refractivity contribution in [2.45, 2.75) is 25.1 Å². The molecule has 9 nitrogen and oxygen atoms in total. The third kappa shape index (κ3) is 5.59. The van der Waals surface area contributed by atoms with E-state index in [4.69, 9.17) is 16.2 Å². The summed E-state index contributed by atoms with van der Waals surface area (Å²) in [5, 5.41) is 3.16. The van der Waals surface area contributed by atoms with Crippen molar-refractivity contribution in [1.29, 1.82) is 0 Å². The normalized spacial score (nSPS) is 11.0. The second-order valence-electron chi connectivity index (χ2n) is 8.08. The van der Waals surface area contributed by atoms with Crippen molar-refractivity contribution in [1.82, 2.24) is 19.9 Å². The predicted molar refractivity (Wildman–Crippen MR) is 139 cm³/mol. The molecule has 0 aliphatic heterocycles. The van der Waals surface area contributed by atoms with Crippen LogP contribution in [0.25, 0.3) is 22.5 Å². The first-order chi connectivity index (χ1) is 17.7. The Balaban J connectivity index is 1.71. The van der Waals surface area contributed by atoms with Gasteiger partial charge in [-0.2, -0.15) is 0 Å². The van der Waals surface area contributed by atoms with Crippen LogP contribution in [0.2, 0.25) is 0 Å². The summed E-state index contributed by atoms with van der Waals surface area (Å²) < 4.78 is 35.2. The average molecular weight is 524 g/mol. The van der Waals surface area contributed by atoms with Gasteiger partial charge < -0.3 is 21.5 Å². The van der Waals surface area contributed by atoms with Crippen molar-refractivity contribution in [3.63, 3.8) is 0 Å². The maximum absolute atomic E-state index is 15.1. The molecule has 5 N–H and O–H groups in total. The molecule has 1 amide bonds. The van der Waals surface area contributed by atoms with E-state index in [1.807, 2.05) is 6.26 Å². The minimum atomic E-state index is -0.933. The first-order valence-corrected chi connectivity index (χ1v) is 12.3. The Morgan fingerprint density at radius 2 is 1.84 bits per heavy atom. The molecule has 0 aliphatic rings. The minimum Gasteiger partial charge on any atom is -0.488 e. The summed E-state index contributed by atoms with van der Waals surface area (Å²) in [5.74, 6) is -2.38. The van der Waals surface area contributed by atoms with E-state index >= 15 is 4.39 Å². The summed E-state index contributed by atoms with van der Waals surface area (Å²) in [4.78, 5) is 30.0. The number of amides is 1. The van der Waals surface area contributed by atoms with Gasteiger partial charge in [0, 0.05) is 17.8 Å². The molecule has 190 valence electrons. The summed E-state index contributed by atoms with van der Waals surface area (Å²) in [5.41, 5.74) is 12.4. The Bertz CT molecular complexity index is 1480. The van der Waals surface area contributed by atoms with Crippen LogP contribution in [-0.2, 0) is 0 Å². The second kappa shape index (κ2) is 10.7. The number of nitrogen functional groups attached to an aromatic ring is 2. The Kier molecular flexibility index (Phi) is 7.48. The molecule has 0 unspecified atom stereocenters. The number of nitrogens with one attached hydrogen (secondary N) is 1. The molecule has 3 heterocycles. The van der Waals surface area contributed by atoms with Crippen LogP contribution in [0, 0.1) is 11.6 Å². The monoisotopic (exact) mass is 523 g/mol. The number of rotatable bonds is 7. The van der Waals surface area contributed by atoms with Crippen LogP contribution in [0.4, 0.5) is 26.0 Å². The second-order valence-corrected chi connectivity index (χ2v) is 8.85. The smallest absolute Gasteiger partial charge is 0.276 e. The molecule has 0 bridgehead atoms. The zero-order valence-corrected chi connectivity index (χ0v) is 20.9. The van der Waals surface area contributed by atoms with Gasteiger partial charge in [-0.3, -0.25) is 9.78 Å². The highest BCUT2D eigenvalue weighted by Crippen LogP contribution is 2.33. The van der Waals surface area contributed by atoms with Crippen LogP contribution < -0.4 is 21.5 Å². The summed E-state index contributed by atoms with van der Waals surface area (Å²) in [6.45, 7) is 3.44. The average Bonchev–Trinajstić information content (AvgIpc) is 2.86. The molecule has 0 saturated heterocycles. The van der Waals surface area contributed by atoms with Crippen molar-refractivity contribution < 1.29 is 18.3 Å². The lowest BCUT2D eigenvalue weighted by Gasteiger charge is -2.15. The van der Waals surface area contributed by atoms with Crippen molar-refractivity contribution in [3.8, 4) is 28.3 Å². The number of hydrogen-bond acceptors (Lipinski definition) is 9. The Morgan fingerprint density at radius 1 is 1.05 bits per heavy atom. The molecular formula is C25H23F2N7O2S. The van der Waals surface area contributed by atoms with Crippen LogP contribution in [0.3, 0.4) is 0 Å². The number of thioether (sulfide) groups is 1. The number of benzene rings is 1. The quantitative estimate of drug-likeness (QED) is 0.230. The first kappa shape index (κ1) is 25.8. The molecular weight excluding hydrogens is 500 g/mol. The molecule has 0 saturated carbocycles. The number of pyridine rings is 2. The van der Waals surface area contributed by atoms with Crippen LogP contribution in [0.1, 0.15) is 24.3 Å². The number of ether oxygens (including phenoxy) is 1. The van der Waals surface area contributed by atoms with E-state index in [2.05, 4.69) is 25.3 Å². The fourth-order valence-electron chi connectivity index (χ4n) is 3.48. The molecule has 1 aromatic carbocycles. The van der Waals surface area contributed by atoms with Gasteiger partial charge in [0.25, 0.3) is 5.91 Å². The van der Waals surface area contributed by atoms with Gasteiger partial charge in [0.15, 0.2) is 22.4 Å². The van der Waals surface area contributed by atoms with Gasteiger partial charge in [0.05, 0.1) is 40.6 Å². The lowest BCUT2D eigenvalue weighted by Crippen LogP contribution is -2.17. The summed E-state index contributed by atoms with van der Waals surface area (Å²) in [6, 6.07) is 8.18. The van der Waals surface area contributed by atoms with E-state index in [0.717, 1.165) is 6.07 Å². The lowest BCUT2D eigenvalue weighted by molar-refractivity contribution is 0.102. The number of anilines is 3. The third-order valence-electron chi connectivity index (χ3n) is 5.07. The highest BCUT2D eigenvalue weighted by molar-refractivity contribution is 7.98. The van der Waals surface area contributed by atoms with E-state index in [1.165, 1.54) is 42.4 Å². The van der Waals surface area contributed by atoms with Crippen LogP contribution in [-0.4, -0.2) is 38.2 Å². The zero-order chi connectivity index (χ0) is 26.7. The Labute approximate surface area is 215 Å². The summed E-state index contributed by atoms with van der Waals surface area (Å²) in [6.07, 6.45) is 4.44. The van der Waals surface area contributed by atoms with Crippen LogP contribution in [0.15, 0.2) is 53.9 Å². The Morgan fingerprint density at radius 3 is 2.57 bits per heavy atom. The molecule has 0 spiro atoms. The molecule has 0 radical (unpaired) electrons. The number of nitrogens with two attached hydrogens (primary N) is 2. The topological polar surface area (TPSA) is 142 Å². The molecule has 4 aromatic rings. The molecule has 0 atom stereocenters. The van der Waals surface area contributed by atoms with Crippen LogP contribution in [0.5, 0.6) is 5.75 Å². The van der Waals surface area contributed by atoms with Crippen LogP contribution >= 0.6 is 11.8 Å². The van der Waals surface area contributed by atoms with Crippen molar-refractivity contribution in [2.24, 2.45) is 0 Å². The summed E-state index contributed by atoms with van der Waals surface area (Å²) in [7, 11) is 0. The van der Waals surface area contributed by atoms with Crippen molar-refractivity contribution in [2.75, 3.05) is 23.0 Å². The molecule has 0 aliphatic carbocycles. The SMILES string of the molecule is CSc1nc(N)cc(-c2ccncc2NC(=O)c2nc(-c3c(F)ccc(OC(C)C)c3F)ccc2N)n1. The third-order valence-corrected chi connectivity index (χ3v) is 5.62. The van der Waals surface area contributed by atoms with E-state index in [1.54, 1.807) is 26.0 Å². The fraction of sp³-hybridized carbons (Fsp3) is 0.160. The highest BCUT2D eigenvalue weighted by Gasteiger charge is 2.22. The van der Waals surface area contributed by atoms with Gasteiger partial charge in [0.1, 0.15) is 11.6 Å². The zero-order valence-electron chi connectivity index (χ0n) is 20.1. The fourth-order valence-corrected chi connectivity index (χ4v) is 3.86. The molecule has 12 heteroatoms. The number of nitrogens with zero attached hydrogens (tertiary/aromatic N) is 4. The molecule has 37 heavy (non-hydrogen) atoms. The highest BCUT2D eigenvalue weighted by atomic mass is 32.2. The maximum Gasteiger partial charge on any atom is 0.276 e. The van der Waals surface area contributed by atoms with Crippen molar-refractivity contribution >= 4 is 34.9 Å². The van der Waals surface area contributed by atoms with E-state index < -0.39 is 23.1 Å². The minimum absolute atomic E-state index is 0.0121. The number of carbonyl (C=O) groups excluding carboxylic acids is 1. The molecule has 3 aromatic heterocycles. The first-order valence-electron chi connectivity index (χ1n) is 11.0. The van der Waals surface area contributed by atoms with Gasteiger partial charge in [-0.25, -0.2) is 23.7 Å². The largest absolute Gasteiger partial charge is 0.488 e. The number of aromatic nitrogens is 4. The van der Waals surface area contributed by atoms with E-state index in [9.17, 15) is 9.18 Å². The number of carbonyl (C=O) groups is 1. The van der Waals surface area contributed by atoms with Gasteiger partial charge in [-0.1, -0.05) is 11.8 Å². The van der Waals surface area contributed by atoms with Gasteiger partial charge in [0.2, 0.25) is 0 Å². The van der Waals surface area contributed by atoms with E-state index in [-0.39, 0.29) is 34.7 Å². The standard InChI is InChI=1S/C25H23F2N7O2S/c1-12(2)36-19-7-4-14(26)21(22(19)27)16-6-5-15(28)23(31-16)24(35)32-18-11-30-9-8-13(18)17-10-20(29)34-25(33-17)37-3/h4-12H,28H2,1-3H3,(H,32,35)(H2,29,33,34). The van der Waals surface area contributed by atoms with E-state index in [0.29, 0.717) is 22.1 Å². The maximum atomic E-state index is 15.1. The van der Waals surface area contributed by atoms with Crippen molar-refractivity contribution in [3.05, 3.63) is 66.1 Å². The molecule has 4 rings (SSSR count).